The van der Waals surface area contributed by atoms with Crippen molar-refractivity contribution in [3.63, 3.8) is 0 Å². The second kappa shape index (κ2) is 7.97. The zero-order chi connectivity index (χ0) is 18.5. The molecule has 0 fully saturated rings. The number of hydrogen-bond donors (Lipinski definition) is 5. The molecule has 0 amide bonds. The second-order valence-electron chi connectivity index (χ2n) is 5.94. The van der Waals surface area contributed by atoms with Crippen LogP contribution in [0.15, 0.2) is 47.4 Å². The fraction of sp³-hybridized carbons (Fsp3) is 0.222. The molecule has 0 spiro atoms. The zero-order valence-corrected chi connectivity index (χ0v) is 15.5. The maximum Gasteiger partial charge on any atom is 0.222 e. The molecule has 0 saturated carbocycles. The van der Waals surface area contributed by atoms with Gasteiger partial charge in [-0.2, -0.15) is 4.98 Å². The molecule has 1 aliphatic heterocycles. The van der Waals surface area contributed by atoms with Crippen LogP contribution in [0.1, 0.15) is 11.1 Å². The first-order valence-electron chi connectivity index (χ1n) is 8.31. The van der Waals surface area contributed by atoms with E-state index in [4.69, 9.17) is 17.3 Å². The van der Waals surface area contributed by atoms with E-state index in [0.29, 0.717) is 24.1 Å². The van der Waals surface area contributed by atoms with Crippen LogP contribution in [0.5, 0.6) is 0 Å². The summed E-state index contributed by atoms with van der Waals surface area (Å²) in [5, 5.41) is 7.05. The van der Waals surface area contributed by atoms with Crippen molar-refractivity contribution in [2.75, 3.05) is 24.1 Å². The molecular weight excluding hydrogens is 350 g/mol. The monoisotopic (exact) mass is 371 g/mol. The molecule has 0 atom stereocenters. The number of nitrogens with zero attached hydrogens (tertiary/aromatic N) is 2. The van der Waals surface area contributed by atoms with Crippen LogP contribution in [0.2, 0.25) is 0 Å². The number of anilines is 2. The number of rotatable bonds is 6. The van der Waals surface area contributed by atoms with Crippen molar-refractivity contribution in [2.24, 2.45) is 0 Å². The van der Waals surface area contributed by atoms with Gasteiger partial charge in [-0.15, -0.1) is 0 Å². The quantitative estimate of drug-likeness (QED) is 0.392. The summed E-state index contributed by atoms with van der Waals surface area (Å²) >= 11 is 5.80. The van der Waals surface area contributed by atoms with Gasteiger partial charge in [0.05, 0.1) is 5.69 Å². The molecule has 1 aliphatic rings. The third-order valence-electron chi connectivity index (χ3n) is 4.08. The van der Waals surface area contributed by atoms with Crippen LogP contribution < -0.4 is 27.2 Å². The average molecular weight is 372 g/mol. The van der Waals surface area contributed by atoms with Crippen LogP contribution in [-0.2, 0) is 0 Å². The lowest BCUT2D eigenvalue weighted by Gasteiger charge is -2.17. The summed E-state index contributed by atoms with van der Waals surface area (Å²) in [4.78, 5) is 8.64. The highest BCUT2D eigenvalue weighted by Crippen LogP contribution is 2.25. The third-order valence-corrected chi connectivity index (χ3v) is 4.30. The van der Waals surface area contributed by atoms with Crippen molar-refractivity contribution in [2.45, 2.75) is 13.8 Å². The van der Waals surface area contributed by atoms with E-state index in [0.717, 1.165) is 17.1 Å². The number of allylic oxidation sites excluding steroid dienone is 2. The van der Waals surface area contributed by atoms with E-state index in [1.54, 1.807) is 6.08 Å². The molecule has 26 heavy (non-hydrogen) atoms. The summed E-state index contributed by atoms with van der Waals surface area (Å²) < 4.78 is 0. The highest BCUT2D eigenvalue weighted by atomic mass is 35.5. The molecule has 3 rings (SSSR count). The van der Waals surface area contributed by atoms with Gasteiger partial charge in [-0.1, -0.05) is 29.8 Å². The molecule has 2 aromatic rings. The Balaban J connectivity index is 1.64. The maximum absolute atomic E-state index is 5.89. The van der Waals surface area contributed by atoms with E-state index >= 15 is 0 Å². The standard InChI is InChI=1S/C18H22ClN7/c1-11-4-3-5-13(12(11)2)14-10-17(24-18(20)23-14)22-9-8-21-16-7-6-15(19)25-26-16/h3-7,10,21,25-26H,8-9H2,1-2H3,(H3,20,22,23,24). The van der Waals surface area contributed by atoms with E-state index in [1.807, 2.05) is 24.3 Å². The predicted octanol–water partition coefficient (Wildman–Crippen LogP) is 2.37. The number of aromatic nitrogens is 2. The van der Waals surface area contributed by atoms with Crippen molar-refractivity contribution in [1.82, 2.24) is 26.1 Å². The van der Waals surface area contributed by atoms with E-state index in [9.17, 15) is 0 Å². The summed E-state index contributed by atoms with van der Waals surface area (Å²) in [6.07, 6.45) is 3.63. The minimum atomic E-state index is 0.250. The average Bonchev–Trinajstić information content (AvgIpc) is 2.62. The molecule has 0 unspecified atom stereocenters. The smallest absolute Gasteiger partial charge is 0.222 e. The summed E-state index contributed by atoms with van der Waals surface area (Å²) in [7, 11) is 0. The number of halogens is 1. The van der Waals surface area contributed by atoms with Crippen LogP contribution in [0.4, 0.5) is 11.8 Å². The lowest BCUT2D eigenvalue weighted by Crippen LogP contribution is -2.39. The molecule has 0 radical (unpaired) electrons. The second-order valence-corrected chi connectivity index (χ2v) is 6.35. The fourth-order valence-electron chi connectivity index (χ4n) is 2.58. The number of hydrogen-bond acceptors (Lipinski definition) is 7. The molecular formula is C18H22ClN7. The SMILES string of the molecule is Cc1cccc(-c2cc(NCCNC3=CC=C(Cl)NN3)nc(N)n2)c1C. The van der Waals surface area contributed by atoms with Crippen molar-refractivity contribution >= 4 is 23.4 Å². The van der Waals surface area contributed by atoms with E-state index in [-0.39, 0.29) is 5.95 Å². The summed E-state index contributed by atoms with van der Waals surface area (Å²) in [5.74, 6) is 1.79. The van der Waals surface area contributed by atoms with Crippen LogP contribution in [-0.4, -0.2) is 23.1 Å². The Labute approximate surface area is 157 Å². The van der Waals surface area contributed by atoms with Crippen LogP contribution >= 0.6 is 11.6 Å². The molecule has 1 aromatic heterocycles. The highest BCUT2D eigenvalue weighted by Gasteiger charge is 2.09. The van der Waals surface area contributed by atoms with Gasteiger partial charge in [0, 0.05) is 24.7 Å². The van der Waals surface area contributed by atoms with Crippen LogP contribution in [0.25, 0.3) is 11.3 Å². The largest absolute Gasteiger partial charge is 0.369 e. The number of nitrogens with one attached hydrogen (secondary N) is 4. The van der Waals surface area contributed by atoms with Gasteiger partial charge in [-0.3, -0.25) is 10.9 Å². The van der Waals surface area contributed by atoms with E-state index < -0.39 is 0 Å². The van der Waals surface area contributed by atoms with Gasteiger partial charge < -0.3 is 16.4 Å². The molecule has 0 saturated heterocycles. The Morgan fingerprint density at radius 2 is 1.88 bits per heavy atom. The minimum absolute atomic E-state index is 0.250. The molecule has 0 aliphatic carbocycles. The Bertz CT molecular complexity index is 861. The fourth-order valence-corrected chi connectivity index (χ4v) is 2.69. The number of nitrogens with two attached hydrogens (primary N) is 1. The predicted molar refractivity (Wildman–Crippen MR) is 106 cm³/mol. The molecule has 6 N–H and O–H groups in total. The molecule has 2 heterocycles. The van der Waals surface area contributed by atoms with Gasteiger partial charge in [0.1, 0.15) is 16.8 Å². The van der Waals surface area contributed by atoms with Crippen molar-refractivity contribution in [3.8, 4) is 11.3 Å². The van der Waals surface area contributed by atoms with Gasteiger partial charge in [-0.25, -0.2) is 4.98 Å². The third kappa shape index (κ3) is 4.37. The first-order valence-corrected chi connectivity index (χ1v) is 8.69. The van der Waals surface area contributed by atoms with Crippen LogP contribution in [0, 0.1) is 13.8 Å². The number of aryl methyl sites for hydroxylation is 1. The molecule has 7 nitrogen and oxygen atoms in total. The summed E-state index contributed by atoms with van der Waals surface area (Å²) in [5.41, 5.74) is 15.9. The van der Waals surface area contributed by atoms with Gasteiger partial charge in [0.15, 0.2) is 0 Å². The molecule has 0 bridgehead atoms. The number of nitrogen functional groups attached to an aromatic ring is 1. The van der Waals surface area contributed by atoms with Gasteiger partial charge >= 0.3 is 0 Å². The van der Waals surface area contributed by atoms with Crippen molar-refractivity contribution in [3.05, 3.63) is 58.5 Å². The highest BCUT2D eigenvalue weighted by molar-refractivity contribution is 6.29. The molecule has 1 aromatic carbocycles. The van der Waals surface area contributed by atoms with Gasteiger partial charge in [-0.05, 0) is 37.1 Å². The topological polar surface area (TPSA) is 99.9 Å². The first kappa shape index (κ1) is 17.9. The molecule has 136 valence electrons. The van der Waals surface area contributed by atoms with Crippen LogP contribution in [0.3, 0.4) is 0 Å². The lowest BCUT2D eigenvalue weighted by atomic mass is 10.0. The molecule has 8 heteroatoms. The Morgan fingerprint density at radius 1 is 1.08 bits per heavy atom. The number of hydrazine groups is 1. The summed E-state index contributed by atoms with van der Waals surface area (Å²) in [6, 6.07) is 8.06. The van der Waals surface area contributed by atoms with E-state index in [1.165, 1.54) is 11.1 Å². The lowest BCUT2D eigenvalue weighted by molar-refractivity contribution is 0.628. The Kier molecular flexibility index (Phi) is 5.48. The minimum Gasteiger partial charge on any atom is -0.369 e. The number of benzene rings is 1. The maximum atomic E-state index is 5.89. The van der Waals surface area contributed by atoms with Crippen molar-refractivity contribution < 1.29 is 0 Å². The Hall–Kier alpha value is -2.93. The van der Waals surface area contributed by atoms with Gasteiger partial charge in [0.25, 0.3) is 0 Å². The zero-order valence-electron chi connectivity index (χ0n) is 14.7. The van der Waals surface area contributed by atoms with Crippen molar-refractivity contribution in [1.29, 1.82) is 0 Å². The first-order chi connectivity index (χ1) is 12.5. The van der Waals surface area contributed by atoms with Gasteiger partial charge in [0.2, 0.25) is 5.95 Å². The summed E-state index contributed by atoms with van der Waals surface area (Å²) in [6.45, 7) is 5.52. The van der Waals surface area contributed by atoms with E-state index in [2.05, 4.69) is 51.4 Å². The normalized spacial score (nSPS) is 13.2. The Morgan fingerprint density at radius 3 is 2.65 bits per heavy atom.